The van der Waals surface area contributed by atoms with Gasteiger partial charge >= 0.3 is 0 Å². The Morgan fingerprint density at radius 1 is 1.15 bits per heavy atom. The minimum Gasteiger partial charge on any atom is -0.350 e. The lowest BCUT2D eigenvalue weighted by Crippen LogP contribution is -2.61. The molecule has 1 spiro atoms. The molecule has 2 amide bonds. The monoisotopic (exact) mass is 347 g/mol. The number of benzene rings is 2. The van der Waals surface area contributed by atoms with Gasteiger partial charge in [-0.15, -0.1) is 6.58 Å². The molecule has 4 rings (SSSR count). The second-order valence-corrected chi connectivity index (χ2v) is 7.00. The van der Waals surface area contributed by atoms with Gasteiger partial charge in [0.15, 0.2) is 0 Å². The maximum Gasteiger partial charge on any atom is 0.276 e. The Balaban J connectivity index is 1.97. The molecule has 1 atom stereocenters. The van der Waals surface area contributed by atoms with Gasteiger partial charge in [-0.25, -0.2) is 0 Å². The molecule has 0 bridgehead atoms. The normalized spacial score (nSPS) is 20.7. The summed E-state index contributed by atoms with van der Waals surface area (Å²) in [5, 5.41) is 6.29. The van der Waals surface area contributed by atoms with E-state index < -0.39 is 5.66 Å². The van der Waals surface area contributed by atoms with E-state index in [2.05, 4.69) is 31.1 Å². The van der Waals surface area contributed by atoms with Gasteiger partial charge in [0.25, 0.3) is 11.8 Å². The summed E-state index contributed by atoms with van der Waals surface area (Å²) < 4.78 is 0. The summed E-state index contributed by atoms with van der Waals surface area (Å²) in [6, 6.07) is 13.2. The zero-order chi connectivity index (χ0) is 18.5. The fourth-order valence-electron chi connectivity index (χ4n) is 3.74. The van der Waals surface area contributed by atoms with Crippen molar-refractivity contribution in [2.45, 2.75) is 25.4 Å². The van der Waals surface area contributed by atoms with Gasteiger partial charge in [-0.05, 0) is 35.7 Å². The van der Waals surface area contributed by atoms with Crippen molar-refractivity contribution in [3.63, 3.8) is 0 Å². The molecule has 5 nitrogen and oxygen atoms in total. The SMILES string of the molecule is C=CCN1C(=O)c2ccccc2N[C@@]12C(=O)Nc1ccc(C(C)C)cc12. The van der Waals surface area contributed by atoms with E-state index in [0.717, 1.165) is 16.8 Å². The smallest absolute Gasteiger partial charge is 0.276 e. The quantitative estimate of drug-likeness (QED) is 0.833. The van der Waals surface area contributed by atoms with E-state index in [1.165, 1.54) is 0 Å². The molecular formula is C21H21N3O2. The van der Waals surface area contributed by atoms with Crippen LogP contribution in [-0.2, 0) is 10.5 Å². The van der Waals surface area contributed by atoms with E-state index in [-0.39, 0.29) is 18.4 Å². The van der Waals surface area contributed by atoms with Gasteiger partial charge in [0, 0.05) is 23.5 Å². The third-order valence-corrected chi connectivity index (χ3v) is 5.11. The van der Waals surface area contributed by atoms with Crippen LogP contribution in [0.1, 0.15) is 41.3 Å². The van der Waals surface area contributed by atoms with Gasteiger partial charge in [-0.1, -0.05) is 38.1 Å². The third kappa shape index (κ3) is 2.10. The van der Waals surface area contributed by atoms with E-state index in [0.29, 0.717) is 17.2 Å². The van der Waals surface area contributed by atoms with E-state index in [4.69, 9.17) is 0 Å². The number of nitrogens with one attached hydrogen (secondary N) is 2. The maximum absolute atomic E-state index is 13.2. The number of carbonyl (C=O) groups excluding carboxylic acids is 2. The van der Waals surface area contributed by atoms with Crippen LogP contribution in [0.4, 0.5) is 11.4 Å². The van der Waals surface area contributed by atoms with Crippen LogP contribution in [0.2, 0.25) is 0 Å². The Bertz CT molecular complexity index is 935. The van der Waals surface area contributed by atoms with Crippen LogP contribution in [0.3, 0.4) is 0 Å². The number of rotatable bonds is 3. The number of carbonyl (C=O) groups is 2. The Labute approximate surface area is 152 Å². The van der Waals surface area contributed by atoms with E-state index in [1.807, 2.05) is 36.4 Å². The first kappa shape index (κ1) is 16.4. The molecule has 26 heavy (non-hydrogen) atoms. The number of para-hydroxylation sites is 1. The summed E-state index contributed by atoms with van der Waals surface area (Å²) in [7, 11) is 0. The molecule has 2 aliphatic rings. The summed E-state index contributed by atoms with van der Waals surface area (Å²) in [5.41, 5.74) is 2.58. The lowest BCUT2D eigenvalue weighted by molar-refractivity contribution is -0.124. The second-order valence-electron chi connectivity index (χ2n) is 7.00. The number of anilines is 2. The van der Waals surface area contributed by atoms with Gasteiger partial charge in [-0.2, -0.15) is 0 Å². The van der Waals surface area contributed by atoms with Crippen LogP contribution in [0, 0.1) is 0 Å². The number of fused-ring (bicyclic) bond motifs is 3. The molecule has 2 aliphatic heterocycles. The van der Waals surface area contributed by atoms with Crippen molar-refractivity contribution in [1.82, 2.24) is 4.90 Å². The summed E-state index contributed by atoms with van der Waals surface area (Å²) in [6.45, 7) is 8.25. The fourth-order valence-corrected chi connectivity index (χ4v) is 3.74. The summed E-state index contributed by atoms with van der Waals surface area (Å²) in [6.07, 6.45) is 1.65. The Morgan fingerprint density at radius 3 is 2.65 bits per heavy atom. The molecule has 0 fully saturated rings. The minimum absolute atomic E-state index is 0.183. The molecular weight excluding hydrogens is 326 g/mol. The number of hydrogen-bond donors (Lipinski definition) is 2. The highest BCUT2D eigenvalue weighted by atomic mass is 16.2. The van der Waals surface area contributed by atoms with Crippen LogP contribution in [0.15, 0.2) is 55.1 Å². The largest absolute Gasteiger partial charge is 0.350 e. The van der Waals surface area contributed by atoms with Crippen LogP contribution in [0.5, 0.6) is 0 Å². The predicted octanol–water partition coefficient (Wildman–Crippen LogP) is 3.67. The van der Waals surface area contributed by atoms with Gasteiger partial charge in [-0.3, -0.25) is 14.5 Å². The number of hydrogen-bond acceptors (Lipinski definition) is 3. The Hall–Kier alpha value is -3.08. The standard InChI is InChI=1S/C21H21N3O2/c1-4-11-24-19(25)15-7-5-6-8-17(15)23-21(24)16-12-14(13(2)3)9-10-18(16)22-20(21)26/h4-10,12-13,23H,1,11H2,2-3H3,(H,22,26)/t21-/m1/s1. The summed E-state index contributed by atoms with van der Waals surface area (Å²) >= 11 is 0. The van der Waals surface area contributed by atoms with E-state index in [1.54, 1.807) is 17.0 Å². The molecule has 2 aromatic carbocycles. The predicted molar refractivity (Wildman–Crippen MR) is 102 cm³/mol. The van der Waals surface area contributed by atoms with Gasteiger partial charge in [0.2, 0.25) is 5.66 Å². The van der Waals surface area contributed by atoms with Gasteiger partial charge in [0.1, 0.15) is 0 Å². The second kappa shape index (κ2) is 5.73. The lowest BCUT2D eigenvalue weighted by atomic mass is 9.90. The molecule has 0 unspecified atom stereocenters. The van der Waals surface area contributed by atoms with E-state index >= 15 is 0 Å². The van der Waals surface area contributed by atoms with Crippen LogP contribution >= 0.6 is 0 Å². The van der Waals surface area contributed by atoms with Crippen LogP contribution in [0.25, 0.3) is 0 Å². The zero-order valence-corrected chi connectivity index (χ0v) is 14.9. The molecule has 0 saturated carbocycles. The first-order valence-corrected chi connectivity index (χ1v) is 8.75. The van der Waals surface area contributed by atoms with Crippen molar-refractivity contribution in [2.75, 3.05) is 17.2 Å². The van der Waals surface area contributed by atoms with Gasteiger partial charge in [0.05, 0.1) is 5.56 Å². The number of amides is 2. The first-order valence-electron chi connectivity index (χ1n) is 8.75. The van der Waals surface area contributed by atoms with Crippen molar-refractivity contribution in [2.24, 2.45) is 0 Å². The van der Waals surface area contributed by atoms with Crippen molar-refractivity contribution in [3.8, 4) is 0 Å². The fraction of sp³-hybridized carbons (Fsp3) is 0.238. The molecule has 0 aliphatic carbocycles. The molecule has 5 heteroatoms. The highest BCUT2D eigenvalue weighted by Crippen LogP contribution is 2.46. The highest BCUT2D eigenvalue weighted by Gasteiger charge is 2.56. The maximum atomic E-state index is 13.2. The Kier molecular flexibility index (Phi) is 3.61. The third-order valence-electron chi connectivity index (χ3n) is 5.11. The summed E-state index contributed by atoms with van der Waals surface area (Å²) in [4.78, 5) is 27.9. The lowest BCUT2D eigenvalue weighted by Gasteiger charge is -2.44. The van der Waals surface area contributed by atoms with Crippen LogP contribution < -0.4 is 10.6 Å². The first-order chi connectivity index (χ1) is 12.5. The van der Waals surface area contributed by atoms with Crippen LogP contribution in [-0.4, -0.2) is 23.3 Å². The van der Waals surface area contributed by atoms with Crippen molar-refractivity contribution >= 4 is 23.2 Å². The average Bonchev–Trinajstić information content (AvgIpc) is 2.90. The molecule has 2 aromatic rings. The van der Waals surface area contributed by atoms with Crippen molar-refractivity contribution in [1.29, 1.82) is 0 Å². The topological polar surface area (TPSA) is 61.4 Å². The molecule has 2 N–H and O–H groups in total. The molecule has 0 aromatic heterocycles. The minimum atomic E-state index is -1.26. The highest BCUT2D eigenvalue weighted by molar-refractivity contribution is 6.14. The summed E-state index contributed by atoms with van der Waals surface area (Å²) in [5.74, 6) is -0.122. The van der Waals surface area contributed by atoms with Crippen molar-refractivity contribution < 1.29 is 9.59 Å². The molecule has 132 valence electrons. The Morgan fingerprint density at radius 2 is 1.92 bits per heavy atom. The molecule has 0 saturated heterocycles. The zero-order valence-electron chi connectivity index (χ0n) is 14.9. The van der Waals surface area contributed by atoms with E-state index in [9.17, 15) is 9.59 Å². The molecule has 2 heterocycles. The molecule has 0 radical (unpaired) electrons. The average molecular weight is 347 g/mol. The number of nitrogens with zero attached hydrogens (tertiary/aromatic N) is 1. The van der Waals surface area contributed by atoms with Crippen molar-refractivity contribution in [3.05, 3.63) is 71.8 Å². The van der Waals surface area contributed by atoms with Gasteiger partial charge < -0.3 is 10.6 Å².